The van der Waals surface area contributed by atoms with Crippen LogP contribution in [0, 0.1) is 12.8 Å². The fourth-order valence-corrected chi connectivity index (χ4v) is 2.19. The van der Waals surface area contributed by atoms with Gasteiger partial charge >= 0.3 is 0 Å². The van der Waals surface area contributed by atoms with Crippen molar-refractivity contribution in [3.63, 3.8) is 0 Å². The van der Waals surface area contributed by atoms with E-state index in [2.05, 4.69) is 13.8 Å². The van der Waals surface area contributed by atoms with Gasteiger partial charge in [0.1, 0.15) is 5.76 Å². The van der Waals surface area contributed by atoms with Gasteiger partial charge in [0.05, 0.1) is 6.04 Å². The zero-order valence-corrected chi connectivity index (χ0v) is 10.8. The molecule has 1 unspecified atom stereocenters. The van der Waals surface area contributed by atoms with Crippen LogP contribution >= 0.6 is 0 Å². The van der Waals surface area contributed by atoms with Crippen molar-refractivity contribution >= 4 is 5.91 Å². The third-order valence-electron chi connectivity index (χ3n) is 3.04. The van der Waals surface area contributed by atoms with Crippen molar-refractivity contribution in [3.05, 3.63) is 46.0 Å². The first-order chi connectivity index (χ1) is 8.49. The van der Waals surface area contributed by atoms with Gasteiger partial charge in [0, 0.05) is 18.7 Å². The van der Waals surface area contributed by atoms with E-state index in [9.17, 15) is 9.59 Å². The molecule has 0 saturated heterocycles. The quantitative estimate of drug-likeness (QED) is 0.751. The fraction of sp³-hybridized carbons (Fsp3) is 0.429. The summed E-state index contributed by atoms with van der Waals surface area (Å²) in [6.45, 7) is 6.36. The molecule has 4 nitrogen and oxygen atoms in total. The molecule has 0 saturated carbocycles. The zero-order valence-electron chi connectivity index (χ0n) is 10.8. The van der Waals surface area contributed by atoms with Gasteiger partial charge < -0.3 is 9.32 Å². The summed E-state index contributed by atoms with van der Waals surface area (Å²) in [5, 5.41) is 0. The Hall–Kier alpha value is -1.84. The van der Waals surface area contributed by atoms with Crippen LogP contribution in [0.15, 0.2) is 33.5 Å². The number of carbonyl (C=O) groups is 1. The van der Waals surface area contributed by atoms with E-state index in [0.29, 0.717) is 18.2 Å². The average Bonchev–Trinajstić information content (AvgIpc) is 2.75. The molecule has 2 heterocycles. The van der Waals surface area contributed by atoms with Crippen molar-refractivity contribution in [1.82, 2.24) is 4.90 Å². The number of aryl methyl sites for hydroxylation is 1. The highest BCUT2D eigenvalue weighted by Gasteiger charge is 2.29. The van der Waals surface area contributed by atoms with Gasteiger partial charge in [0.25, 0.3) is 5.91 Å². The van der Waals surface area contributed by atoms with Gasteiger partial charge in [-0.2, -0.15) is 0 Å². The monoisotopic (exact) mass is 247 g/mol. The SMILES string of the molecule is Cc1cc(=O)cc(C(=O)N2CC=CC2C(C)C)o1. The van der Waals surface area contributed by atoms with Gasteiger partial charge in [-0.15, -0.1) is 0 Å². The van der Waals surface area contributed by atoms with Crippen LogP contribution in [0.1, 0.15) is 30.2 Å². The first-order valence-electron chi connectivity index (χ1n) is 6.08. The Labute approximate surface area is 106 Å². The normalized spacial score (nSPS) is 18.7. The molecule has 1 aliphatic rings. The lowest BCUT2D eigenvalue weighted by Crippen LogP contribution is -2.39. The Morgan fingerprint density at radius 3 is 2.78 bits per heavy atom. The van der Waals surface area contributed by atoms with Gasteiger partial charge in [0.15, 0.2) is 11.2 Å². The van der Waals surface area contributed by atoms with Gasteiger partial charge in [-0.05, 0) is 12.8 Å². The smallest absolute Gasteiger partial charge is 0.290 e. The minimum absolute atomic E-state index is 0.0725. The molecule has 96 valence electrons. The standard InChI is InChI=1S/C14H17NO3/c1-9(2)12-5-4-6-15(12)14(17)13-8-11(16)7-10(3)18-13/h4-5,7-9,12H,6H2,1-3H3. The average molecular weight is 247 g/mol. The second-order valence-electron chi connectivity index (χ2n) is 4.89. The highest BCUT2D eigenvalue weighted by Crippen LogP contribution is 2.20. The summed E-state index contributed by atoms with van der Waals surface area (Å²) in [7, 11) is 0. The molecule has 0 N–H and O–H groups in total. The van der Waals surface area contributed by atoms with Gasteiger partial charge in [-0.25, -0.2) is 0 Å². The van der Waals surface area contributed by atoms with Crippen LogP contribution in [0.5, 0.6) is 0 Å². The summed E-state index contributed by atoms with van der Waals surface area (Å²) in [4.78, 5) is 25.4. The molecule has 0 radical (unpaired) electrons. The first kappa shape index (κ1) is 12.6. The Bertz CT molecular complexity index is 542. The summed E-state index contributed by atoms with van der Waals surface area (Å²) >= 11 is 0. The number of nitrogens with zero attached hydrogens (tertiary/aromatic N) is 1. The maximum absolute atomic E-state index is 12.3. The second-order valence-corrected chi connectivity index (χ2v) is 4.89. The van der Waals surface area contributed by atoms with Crippen molar-refractivity contribution in [3.8, 4) is 0 Å². The molecule has 4 heteroatoms. The van der Waals surface area contributed by atoms with Crippen molar-refractivity contribution in [1.29, 1.82) is 0 Å². The minimum atomic E-state index is -0.223. The molecule has 18 heavy (non-hydrogen) atoms. The molecule has 1 aromatic heterocycles. The summed E-state index contributed by atoms with van der Waals surface area (Å²) in [6.07, 6.45) is 3.99. The van der Waals surface area contributed by atoms with E-state index in [1.54, 1.807) is 11.8 Å². The maximum atomic E-state index is 12.3. The Balaban J connectivity index is 2.29. The van der Waals surface area contributed by atoms with Crippen molar-refractivity contribution in [2.24, 2.45) is 5.92 Å². The van der Waals surface area contributed by atoms with Gasteiger partial charge in [-0.3, -0.25) is 9.59 Å². The van der Waals surface area contributed by atoms with Gasteiger partial charge in [-0.1, -0.05) is 26.0 Å². The fourth-order valence-electron chi connectivity index (χ4n) is 2.19. The van der Waals surface area contributed by atoms with E-state index in [0.717, 1.165) is 0 Å². The molecule has 1 atom stereocenters. The summed E-state index contributed by atoms with van der Waals surface area (Å²) < 4.78 is 5.34. The molecular weight excluding hydrogens is 230 g/mol. The van der Waals surface area contributed by atoms with Crippen molar-refractivity contribution in [2.45, 2.75) is 26.8 Å². The molecule has 0 fully saturated rings. The summed E-state index contributed by atoms with van der Waals surface area (Å²) in [5.74, 6) is 0.692. The lowest BCUT2D eigenvalue weighted by atomic mass is 10.0. The summed E-state index contributed by atoms with van der Waals surface area (Å²) in [6, 6.07) is 2.70. The molecule has 0 aliphatic carbocycles. The molecule has 0 aromatic carbocycles. The number of rotatable bonds is 2. The van der Waals surface area contributed by atoms with E-state index < -0.39 is 0 Å². The Kier molecular flexibility index (Phi) is 3.36. The molecule has 2 rings (SSSR count). The third kappa shape index (κ3) is 2.37. The number of carbonyl (C=O) groups excluding carboxylic acids is 1. The highest BCUT2D eigenvalue weighted by atomic mass is 16.3. The predicted octanol–water partition coefficient (Wildman–Crippen LogP) is 1.98. The Morgan fingerprint density at radius 2 is 2.17 bits per heavy atom. The molecule has 1 aliphatic heterocycles. The molecule has 1 aromatic rings. The van der Waals surface area contributed by atoms with Crippen LogP contribution in [0.3, 0.4) is 0 Å². The van der Waals surface area contributed by atoms with Crippen LogP contribution in [0.2, 0.25) is 0 Å². The maximum Gasteiger partial charge on any atom is 0.290 e. The molecule has 0 bridgehead atoms. The van der Waals surface area contributed by atoms with Gasteiger partial charge in [0.2, 0.25) is 0 Å². The molecule has 0 spiro atoms. The highest BCUT2D eigenvalue weighted by molar-refractivity contribution is 5.92. The Morgan fingerprint density at radius 1 is 1.44 bits per heavy atom. The van der Waals surface area contributed by atoms with Crippen LogP contribution < -0.4 is 5.43 Å². The topological polar surface area (TPSA) is 50.5 Å². The molecule has 1 amide bonds. The van der Waals surface area contributed by atoms with Crippen LogP contribution in [-0.4, -0.2) is 23.4 Å². The van der Waals surface area contributed by atoms with Crippen LogP contribution in [-0.2, 0) is 0 Å². The lowest BCUT2D eigenvalue weighted by Gasteiger charge is -2.26. The van der Waals surface area contributed by atoms with Crippen LogP contribution in [0.4, 0.5) is 0 Å². The minimum Gasteiger partial charge on any atom is -0.456 e. The van der Waals surface area contributed by atoms with E-state index in [1.807, 2.05) is 12.2 Å². The zero-order chi connectivity index (χ0) is 13.3. The first-order valence-corrected chi connectivity index (χ1v) is 6.08. The lowest BCUT2D eigenvalue weighted by molar-refractivity contribution is 0.0683. The number of hydrogen-bond acceptors (Lipinski definition) is 3. The number of hydrogen-bond donors (Lipinski definition) is 0. The third-order valence-corrected chi connectivity index (χ3v) is 3.04. The summed E-state index contributed by atoms with van der Waals surface area (Å²) in [5.41, 5.74) is -0.199. The van der Waals surface area contributed by atoms with E-state index in [4.69, 9.17) is 4.42 Å². The van der Waals surface area contributed by atoms with Crippen molar-refractivity contribution < 1.29 is 9.21 Å². The van der Waals surface area contributed by atoms with Crippen molar-refractivity contribution in [2.75, 3.05) is 6.54 Å². The largest absolute Gasteiger partial charge is 0.456 e. The predicted molar refractivity (Wildman–Crippen MR) is 68.5 cm³/mol. The van der Waals surface area contributed by atoms with E-state index in [-0.39, 0.29) is 23.1 Å². The van der Waals surface area contributed by atoms with Crippen LogP contribution in [0.25, 0.3) is 0 Å². The van der Waals surface area contributed by atoms with E-state index in [1.165, 1.54) is 12.1 Å². The molecular formula is C14H17NO3. The number of amides is 1. The second kappa shape index (κ2) is 4.80. The van der Waals surface area contributed by atoms with E-state index >= 15 is 0 Å².